The number of nitrogens with zero attached hydrogens (tertiary/aromatic N) is 1. The van der Waals surface area contributed by atoms with Crippen LogP contribution in [0.4, 0.5) is 11.4 Å². The fourth-order valence-corrected chi connectivity index (χ4v) is 7.60. The van der Waals surface area contributed by atoms with Gasteiger partial charge >= 0.3 is 0 Å². The summed E-state index contributed by atoms with van der Waals surface area (Å²) in [4.78, 5) is 2.50. The molecule has 2 unspecified atom stereocenters. The number of rotatable bonds is 4. The van der Waals surface area contributed by atoms with Crippen LogP contribution >= 0.6 is 0 Å². The molecule has 1 heteroatoms. The highest BCUT2D eigenvalue weighted by Gasteiger charge is 2.37. The van der Waals surface area contributed by atoms with Crippen molar-refractivity contribution in [3.8, 4) is 33.4 Å². The second kappa shape index (κ2) is 10.5. The highest BCUT2D eigenvalue weighted by Crippen LogP contribution is 2.49. The quantitative estimate of drug-likeness (QED) is 0.189. The molecule has 212 valence electrons. The lowest BCUT2D eigenvalue weighted by molar-refractivity contribution is 0.745. The summed E-state index contributed by atoms with van der Waals surface area (Å²) in [6.07, 6.45) is 9.09. The maximum atomic E-state index is 2.50. The number of hydrogen-bond donors (Lipinski definition) is 0. The summed E-state index contributed by atoms with van der Waals surface area (Å²) in [5, 5.41) is 5.12. The second-order valence-corrected chi connectivity index (χ2v) is 12.1. The van der Waals surface area contributed by atoms with E-state index in [-0.39, 0.29) is 6.04 Å². The summed E-state index contributed by atoms with van der Waals surface area (Å²) in [6.45, 7) is 0. The second-order valence-electron chi connectivity index (χ2n) is 12.1. The zero-order chi connectivity index (χ0) is 29.7. The van der Waals surface area contributed by atoms with Gasteiger partial charge in [0.05, 0.1) is 6.04 Å². The van der Waals surface area contributed by atoms with E-state index >= 15 is 0 Å². The zero-order valence-corrected chi connectivity index (χ0v) is 24.8. The Morgan fingerprint density at radius 2 is 0.933 bits per heavy atom. The van der Waals surface area contributed by atoms with Crippen molar-refractivity contribution < 1.29 is 0 Å². The lowest BCUT2D eigenvalue weighted by Crippen LogP contribution is -2.28. The van der Waals surface area contributed by atoms with E-state index in [9.17, 15) is 0 Å². The average Bonchev–Trinajstić information content (AvgIpc) is 3.45. The minimum Gasteiger partial charge on any atom is -0.333 e. The van der Waals surface area contributed by atoms with Gasteiger partial charge in [-0.3, -0.25) is 0 Å². The fraction of sp³-hybridized carbons (Fsp3) is 0.0455. The summed E-state index contributed by atoms with van der Waals surface area (Å²) in [5.74, 6) is 0.319. The number of allylic oxidation sites excluding steroid dienone is 2. The third kappa shape index (κ3) is 4.16. The van der Waals surface area contributed by atoms with Crippen molar-refractivity contribution in [3.63, 3.8) is 0 Å². The smallest absolute Gasteiger partial charge is 0.0629 e. The molecule has 0 aromatic heterocycles. The van der Waals surface area contributed by atoms with E-state index in [4.69, 9.17) is 0 Å². The van der Waals surface area contributed by atoms with E-state index in [2.05, 4.69) is 181 Å². The van der Waals surface area contributed by atoms with Crippen LogP contribution in [0, 0.1) is 0 Å². The molecule has 0 saturated heterocycles. The van der Waals surface area contributed by atoms with Gasteiger partial charge in [-0.25, -0.2) is 0 Å². The summed E-state index contributed by atoms with van der Waals surface area (Å²) in [6, 6.07) is 55.8. The summed E-state index contributed by atoms with van der Waals surface area (Å²) >= 11 is 0. The first-order valence-electron chi connectivity index (χ1n) is 15.8. The van der Waals surface area contributed by atoms with Gasteiger partial charge in [0.2, 0.25) is 0 Å². The molecule has 0 fully saturated rings. The molecule has 0 amide bonds. The minimum absolute atomic E-state index is 0.281. The van der Waals surface area contributed by atoms with Gasteiger partial charge in [0.1, 0.15) is 0 Å². The predicted octanol–water partition coefficient (Wildman–Crippen LogP) is 11.7. The lowest BCUT2D eigenvalue weighted by atomic mass is 9.84. The van der Waals surface area contributed by atoms with E-state index in [1.54, 1.807) is 0 Å². The molecule has 1 aliphatic carbocycles. The standard InChI is InChI=1S/C44H31N/c1-4-14-30(15-5-1)43-36-21-10-11-22-37(36)44(31-16-6-2-7-17-31)40-29-32(24-26-38(40)43)33-25-27-42-39(28-33)35-20-12-13-23-41(35)45(42)34-18-8-3-9-19-34/h1-29,35,41H. The molecule has 0 N–H and O–H groups in total. The Hall–Kier alpha value is -5.66. The first-order valence-corrected chi connectivity index (χ1v) is 15.8. The normalized spacial score (nSPS) is 16.7. The summed E-state index contributed by atoms with van der Waals surface area (Å²) in [7, 11) is 0. The van der Waals surface area contributed by atoms with Crippen molar-refractivity contribution in [1.29, 1.82) is 0 Å². The van der Waals surface area contributed by atoms with Crippen LogP contribution in [0.5, 0.6) is 0 Å². The molecular formula is C44H31N. The molecule has 0 bridgehead atoms. The molecule has 45 heavy (non-hydrogen) atoms. The van der Waals surface area contributed by atoms with Gasteiger partial charge in [-0.05, 0) is 90.8 Å². The van der Waals surface area contributed by atoms with Gasteiger partial charge in [0.15, 0.2) is 0 Å². The van der Waals surface area contributed by atoms with Crippen LogP contribution in [0.1, 0.15) is 11.5 Å². The number of benzene rings is 7. The van der Waals surface area contributed by atoms with Crippen molar-refractivity contribution in [2.45, 2.75) is 12.0 Å². The monoisotopic (exact) mass is 573 g/mol. The molecule has 0 spiro atoms. The highest BCUT2D eigenvalue weighted by molar-refractivity contribution is 6.22. The van der Waals surface area contributed by atoms with Crippen molar-refractivity contribution in [2.24, 2.45) is 0 Å². The van der Waals surface area contributed by atoms with Crippen LogP contribution in [0.3, 0.4) is 0 Å². The third-order valence-electron chi connectivity index (χ3n) is 9.57. The van der Waals surface area contributed by atoms with E-state index in [1.165, 1.54) is 71.9 Å². The van der Waals surface area contributed by atoms with Crippen LogP contribution in [0.2, 0.25) is 0 Å². The van der Waals surface area contributed by atoms with E-state index in [1.807, 2.05) is 0 Å². The average molecular weight is 574 g/mol. The molecule has 0 radical (unpaired) electrons. The van der Waals surface area contributed by atoms with Crippen LogP contribution in [-0.4, -0.2) is 6.04 Å². The molecule has 2 aliphatic rings. The van der Waals surface area contributed by atoms with Gasteiger partial charge in [-0.15, -0.1) is 0 Å². The summed E-state index contributed by atoms with van der Waals surface area (Å²) in [5.41, 5.74) is 11.5. The van der Waals surface area contributed by atoms with Crippen molar-refractivity contribution >= 4 is 32.9 Å². The number of anilines is 2. The van der Waals surface area contributed by atoms with Gasteiger partial charge in [0, 0.05) is 17.3 Å². The Morgan fingerprint density at radius 1 is 0.400 bits per heavy atom. The molecule has 1 heterocycles. The maximum absolute atomic E-state index is 2.50. The molecular weight excluding hydrogens is 542 g/mol. The van der Waals surface area contributed by atoms with E-state index in [0.717, 1.165) is 0 Å². The van der Waals surface area contributed by atoms with Gasteiger partial charge < -0.3 is 4.90 Å². The molecule has 2 atom stereocenters. The van der Waals surface area contributed by atoms with Gasteiger partial charge in [-0.2, -0.15) is 0 Å². The first kappa shape index (κ1) is 25.8. The van der Waals surface area contributed by atoms with Gasteiger partial charge in [-0.1, -0.05) is 146 Å². The van der Waals surface area contributed by atoms with Crippen molar-refractivity contribution in [1.82, 2.24) is 0 Å². The summed E-state index contributed by atoms with van der Waals surface area (Å²) < 4.78 is 0. The Labute approximate surface area is 264 Å². The molecule has 7 aromatic carbocycles. The topological polar surface area (TPSA) is 3.24 Å². The molecule has 1 nitrogen and oxygen atoms in total. The lowest BCUT2D eigenvalue weighted by Gasteiger charge is -2.28. The maximum Gasteiger partial charge on any atom is 0.0629 e. The van der Waals surface area contributed by atoms with E-state index < -0.39 is 0 Å². The molecule has 0 saturated carbocycles. The van der Waals surface area contributed by atoms with Crippen molar-refractivity contribution in [2.75, 3.05) is 4.90 Å². The molecule has 9 rings (SSSR count). The largest absolute Gasteiger partial charge is 0.333 e. The van der Waals surface area contributed by atoms with Crippen LogP contribution in [0.25, 0.3) is 54.9 Å². The Morgan fingerprint density at radius 3 is 1.62 bits per heavy atom. The minimum atomic E-state index is 0.281. The van der Waals surface area contributed by atoms with E-state index in [0.29, 0.717) is 5.92 Å². The zero-order valence-electron chi connectivity index (χ0n) is 24.8. The van der Waals surface area contributed by atoms with Crippen LogP contribution in [-0.2, 0) is 0 Å². The SMILES string of the molecule is C1=CC2c3cc(-c4ccc5c(-c6ccccc6)c6ccccc6c(-c6ccccc6)c5c4)ccc3N(c3ccccc3)C2C=C1. The van der Waals surface area contributed by atoms with Crippen LogP contribution in [0.15, 0.2) is 176 Å². The first-order chi connectivity index (χ1) is 22.3. The Kier molecular flexibility index (Phi) is 6.02. The predicted molar refractivity (Wildman–Crippen MR) is 191 cm³/mol. The number of para-hydroxylation sites is 1. The van der Waals surface area contributed by atoms with Crippen molar-refractivity contribution in [3.05, 3.63) is 182 Å². The Balaban J connectivity index is 1.28. The number of hydrogen-bond acceptors (Lipinski definition) is 1. The number of fused-ring (bicyclic) bond motifs is 5. The molecule has 7 aromatic rings. The van der Waals surface area contributed by atoms with Gasteiger partial charge in [0.25, 0.3) is 0 Å². The fourth-order valence-electron chi connectivity index (χ4n) is 7.60. The highest BCUT2D eigenvalue weighted by atomic mass is 15.2. The Bertz CT molecular complexity index is 2260. The molecule has 1 aliphatic heterocycles. The third-order valence-corrected chi connectivity index (χ3v) is 9.57. The van der Waals surface area contributed by atoms with Crippen LogP contribution < -0.4 is 4.90 Å².